The van der Waals surface area contributed by atoms with Crippen molar-refractivity contribution in [2.45, 2.75) is 19.4 Å². The van der Waals surface area contributed by atoms with Gasteiger partial charge in [-0.15, -0.1) is 0 Å². The Hall–Kier alpha value is -6.38. The van der Waals surface area contributed by atoms with E-state index in [2.05, 4.69) is 88.1 Å². The molecule has 0 aliphatic carbocycles. The van der Waals surface area contributed by atoms with Crippen LogP contribution < -0.4 is 9.88 Å². The number of benzene rings is 2. The summed E-state index contributed by atoms with van der Waals surface area (Å²) < 4.78 is 2.18. The lowest BCUT2D eigenvalue weighted by Crippen LogP contribution is -2.71. The van der Waals surface area contributed by atoms with Gasteiger partial charge in [0.25, 0.3) is 0 Å². The highest BCUT2D eigenvalue weighted by Gasteiger charge is 2.07. The van der Waals surface area contributed by atoms with Crippen LogP contribution in [-0.4, -0.2) is 36.4 Å². The average Bonchev–Trinajstić information content (AvgIpc) is 3.19. The molecule has 2 N–H and O–H groups in total. The third-order valence-electron chi connectivity index (χ3n) is 8.46. The van der Waals surface area contributed by atoms with Crippen molar-refractivity contribution >= 4 is 22.1 Å². The minimum atomic E-state index is 0.741. The standard InChI is InChI=1S/C42H37N8/c1-2-6-40-39(5-1)45-29-33(13-23-49-25-15-37(16-26-49)35-9-19-43-20-10-35)31-47-41-7-3-4-8-42(41)48-32-34(30-46-40)14-24-50-27-17-38(18-28-50)36-11-21-44-22-12-36/h1-12,15-22,25-32,43H,13-14,23-24H2/q+1/p+1. The summed E-state index contributed by atoms with van der Waals surface area (Å²) in [5.41, 5.74) is 9.88. The van der Waals surface area contributed by atoms with E-state index >= 15 is 0 Å². The second-order valence-corrected chi connectivity index (χ2v) is 11.9. The van der Waals surface area contributed by atoms with E-state index in [9.17, 15) is 0 Å². The minimum Gasteiger partial charge on any atom is -0.354 e. The number of rotatable bonds is 7. The summed E-state index contributed by atoms with van der Waals surface area (Å²) in [4.78, 5) is 25.9. The van der Waals surface area contributed by atoms with Crippen LogP contribution in [0.1, 0.15) is 11.1 Å². The number of aryl methyl sites for hydroxylation is 2. The van der Waals surface area contributed by atoms with Crippen LogP contribution in [0.5, 0.6) is 0 Å². The number of para-hydroxylation sites is 4. The van der Waals surface area contributed by atoms with Crippen molar-refractivity contribution in [3.05, 3.63) is 194 Å². The first kappa shape index (κ1) is 32.2. The summed E-state index contributed by atoms with van der Waals surface area (Å²) in [6, 6.07) is 24.2. The van der Waals surface area contributed by atoms with E-state index < -0.39 is 0 Å². The molecule has 0 radical (unpaired) electrons. The fourth-order valence-corrected chi connectivity index (χ4v) is 5.59. The molecule has 8 heteroatoms. The van der Waals surface area contributed by atoms with E-state index in [1.54, 1.807) is 0 Å². The predicted octanol–water partition coefficient (Wildman–Crippen LogP) is 6.20. The summed E-state index contributed by atoms with van der Waals surface area (Å²) in [6.45, 7) is 1.56. The molecule has 8 nitrogen and oxygen atoms in total. The number of aromatic nitrogens is 6. The largest absolute Gasteiger partial charge is 0.354 e. The van der Waals surface area contributed by atoms with Gasteiger partial charge in [0.2, 0.25) is 0 Å². The molecule has 0 saturated heterocycles. The first-order valence-corrected chi connectivity index (χ1v) is 16.8. The Morgan fingerprint density at radius 1 is 0.540 bits per heavy atom. The zero-order valence-corrected chi connectivity index (χ0v) is 27.7. The number of quaternary nitrogens is 1. The average molecular weight is 655 g/mol. The molecule has 0 unspecified atom stereocenters. The van der Waals surface area contributed by atoms with E-state index in [0.717, 1.165) is 70.3 Å². The summed E-state index contributed by atoms with van der Waals surface area (Å²) in [5, 5.41) is 2.04. The minimum absolute atomic E-state index is 0.741. The lowest BCUT2D eigenvalue weighted by atomic mass is 10.1. The molecule has 2 aliphatic heterocycles. The van der Waals surface area contributed by atoms with Crippen molar-refractivity contribution in [1.29, 1.82) is 0 Å². The van der Waals surface area contributed by atoms with Gasteiger partial charge < -0.3 is 4.90 Å². The molecule has 3 aromatic heterocycles. The van der Waals surface area contributed by atoms with Gasteiger partial charge in [-0.2, -0.15) is 0 Å². The number of fused-ring (bicyclic) bond motifs is 2. The SMILES string of the molecule is C1=CC(=C2C=CN(CCc3cnc4ccccc4ncc(CC[n+]4ccc(-c5ccncc5)cc4)cnc4ccccc4nc3)C=C2)C=C[NH2+]1. The van der Waals surface area contributed by atoms with Gasteiger partial charge in [0.05, 0.1) is 34.5 Å². The Morgan fingerprint density at radius 3 is 1.56 bits per heavy atom. The number of nitrogens with two attached hydrogens (primary N) is 1. The summed E-state index contributed by atoms with van der Waals surface area (Å²) >= 11 is 0. The van der Waals surface area contributed by atoms with Crippen molar-refractivity contribution in [2.75, 3.05) is 6.54 Å². The Morgan fingerprint density at radius 2 is 1.02 bits per heavy atom. The second kappa shape index (κ2) is 16.1. The molecule has 7 rings (SSSR count). The molecule has 0 spiro atoms. The quantitative estimate of drug-likeness (QED) is 0.210. The van der Waals surface area contributed by atoms with Crippen molar-refractivity contribution in [3.63, 3.8) is 0 Å². The monoisotopic (exact) mass is 654 g/mol. The molecule has 0 bridgehead atoms. The lowest BCUT2D eigenvalue weighted by Gasteiger charge is -2.19. The van der Waals surface area contributed by atoms with Gasteiger partial charge in [0.15, 0.2) is 18.9 Å². The van der Waals surface area contributed by atoms with Crippen LogP contribution in [0, 0.1) is 0 Å². The highest BCUT2D eigenvalue weighted by molar-refractivity contribution is 5.73. The fraction of sp³-hybridized carbons (Fsp3) is 0.0952. The Labute approximate surface area is 291 Å². The van der Waals surface area contributed by atoms with E-state index in [4.69, 9.17) is 19.9 Å². The number of pyridine rings is 2. The van der Waals surface area contributed by atoms with Crippen LogP contribution in [0.25, 0.3) is 33.2 Å². The molecular weight excluding hydrogens is 617 g/mol. The Balaban J connectivity index is 1.17. The molecule has 50 heavy (non-hydrogen) atoms. The van der Waals surface area contributed by atoms with Crippen molar-refractivity contribution in [1.82, 2.24) is 29.8 Å². The molecule has 0 saturated carbocycles. The summed E-state index contributed by atoms with van der Waals surface area (Å²) in [7, 11) is 0. The van der Waals surface area contributed by atoms with E-state index in [-0.39, 0.29) is 0 Å². The summed E-state index contributed by atoms with van der Waals surface area (Å²) in [5.74, 6) is 0. The van der Waals surface area contributed by atoms with Crippen LogP contribution in [0.4, 0.5) is 0 Å². The molecule has 5 aromatic rings. The van der Waals surface area contributed by atoms with Crippen molar-refractivity contribution in [3.8, 4) is 11.1 Å². The van der Waals surface area contributed by atoms with Crippen LogP contribution in [0.3, 0.4) is 0 Å². The zero-order valence-electron chi connectivity index (χ0n) is 27.7. The highest BCUT2D eigenvalue weighted by atomic mass is 15.1. The van der Waals surface area contributed by atoms with Crippen LogP contribution in [0.2, 0.25) is 0 Å². The van der Waals surface area contributed by atoms with Gasteiger partial charge in [0, 0.05) is 74.7 Å². The molecule has 0 amide bonds. The van der Waals surface area contributed by atoms with Gasteiger partial charge >= 0.3 is 0 Å². The number of hydrogen-bond acceptors (Lipinski definition) is 6. The van der Waals surface area contributed by atoms with E-state index in [0.29, 0.717) is 0 Å². The third kappa shape index (κ3) is 8.55. The second-order valence-electron chi connectivity index (χ2n) is 11.9. The molecule has 0 fully saturated rings. The number of hydrogen-bond donors (Lipinski definition) is 1. The summed E-state index contributed by atoms with van der Waals surface area (Å²) in [6.07, 6.45) is 33.9. The maximum absolute atomic E-state index is 4.90. The van der Waals surface area contributed by atoms with E-state index in [1.807, 2.05) is 103 Å². The van der Waals surface area contributed by atoms with Gasteiger partial charge in [-0.1, -0.05) is 24.3 Å². The normalized spacial score (nSPS) is 13.4. The first-order chi connectivity index (χ1) is 24.8. The molecule has 2 aromatic carbocycles. The maximum atomic E-state index is 4.90. The van der Waals surface area contributed by atoms with Gasteiger partial charge in [-0.05, 0) is 101 Å². The molecule has 0 atom stereocenters. The van der Waals surface area contributed by atoms with Crippen LogP contribution in [0.15, 0.2) is 183 Å². The maximum Gasteiger partial charge on any atom is 0.169 e. The lowest BCUT2D eigenvalue weighted by molar-refractivity contribution is -0.696. The predicted molar refractivity (Wildman–Crippen MR) is 197 cm³/mol. The van der Waals surface area contributed by atoms with E-state index in [1.165, 1.54) is 11.1 Å². The first-order valence-electron chi connectivity index (χ1n) is 16.8. The van der Waals surface area contributed by atoms with Crippen LogP contribution in [-0.2, 0) is 19.4 Å². The molecule has 244 valence electrons. The molecular formula is C42H38N8+2. The Kier molecular flexibility index (Phi) is 10.4. The number of allylic oxidation sites excluding steroid dienone is 6. The number of nitrogens with zero attached hydrogens (tertiary/aromatic N) is 7. The zero-order chi connectivity index (χ0) is 33.8. The smallest absolute Gasteiger partial charge is 0.169 e. The highest BCUT2D eigenvalue weighted by Crippen LogP contribution is 2.18. The molecule has 2 aliphatic rings. The third-order valence-corrected chi connectivity index (χ3v) is 8.46. The van der Waals surface area contributed by atoms with Gasteiger partial charge in [0.1, 0.15) is 0 Å². The van der Waals surface area contributed by atoms with Gasteiger partial charge in [-0.3, -0.25) is 30.2 Å². The topological polar surface area (TPSA) is 88.2 Å². The Bertz CT molecular complexity index is 2150. The van der Waals surface area contributed by atoms with Crippen LogP contribution >= 0.6 is 0 Å². The van der Waals surface area contributed by atoms with Gasteiger partial charge in [-0.25, -0.2) is 4.57 Å². The fourth-order valence-electron chi connectivity index (χ4n) is 5.59. The van der Waals surface area contributed by atoms with Crippen molar-refractivity contribution < 1.29 is 9.88 Å². The molecule has 5 heterocycles. The van der Waals surface area contributed by atoms with Crippen molar-refractivity contribution in [2.24, 2.45) is 0 Å².